The van der Waals surface area contributed by atoms with Gasteiger partial charge in [-0.2, -0.15) is 0 Å². The number of amides is 2. The third kappa shape index (κ3) is 2.49. The Kier molecular flexibility index (Phi) is 3.02. The summed E-state index contributed by atoms with van der Waals surface area (Å²) in [4.78, 5) is 15.5. The smallest absolute Gasteiger partial charge is 0.317 e. The van der Waals surface area contributed by atoms with Crippen LogP contribution in [-0.2, 0) is 6.54 Å². The molecule has 0 aromatic heterocycles. The van der Waals surface area contributed by atoms with Gasteiger partial charge in [0.2, 0.25) is 0 Å². The number of aromatic hydroxyl groups is 1. The summed E-state index contributed by atoms with van der Waals surface area (Å²) in [5.41, 5.74) is 0.753. The minimum absolute atomic E-state index is 0.00745. The molecule has 1 aromatic rings. The highest BCUT2D eigenvalue weighted by atomic mass is 19.1. The van der Waals surface area contributed by atoms with E-state index < -0.39 is 5.82 Å². The average Bonchev–Trinajstić information content (AvgIpc) is 2.69. The van der Waals surface area contributed by atoms with Gasteiger partial charge in [-0.3, -0.25) is 4.90 Å². The molecule has 2 aliphatic heterocycles. The highest BCUT2D eigenvalue weighted by Crippen LogP contribution is 2.19. The van der Waals surface area contributed by atoms with Crippen molar-refractivity contribution in [2.75, 3.05) is 26.2 Å². The van der Waals surface area contributed by atoms with Crippen molar-refractivity contribution in [3.05, 3.63) is 29.6 Å². The molecule has 102 valence electrons. The number of hydrogen-bond donors (Lipinski definition) is 2. The Morgan fingerprint density at radius 1 is 1.37 bits per heavy atom. The normalized spacial score (nSPS) is 23.3. The second-order valence-electron chi connectivity index (χ2n) is 5.09. The number of phenols is 1. The van der Waals surface area contributed by atoms with Crippen LogP contribution in [0.2, 0.25) is 0 Å². The van der Waals surface area contributed by atoms with Gasteiger partial charge in [-0.1, -0.05) is 0 Å². The summed E-state index contributed by atoms with van der Waals surface area (Å²) in [6.07, 6.45) is 0. The van der Waals surface area contributed by atoms with Gasteiger partial charge in [-0.25, -0.2) is 9.18 Å². The Labute approximate surface area is 110 Å². The summed E-state index contributed by atoms with van der Waals surface area (Å²) in [6, 6.07) is 4.31. The van der Waals surface area contributed by atoms with Crippen LogP contribution in [0.3, 0.4) is 0 Å². The predicted molar refractivity (Wildman–Crippen MR) is 67.2 cm³/mol. The molecule has 1 aromatic carbocycles. The van der Waals surface area contributed by atoms with Gasteiger partial charge in [0.05, 0.1) is 6.04 Å². The van der Waals surface area contributed by atoms with Crippen molar-refractivity contribution in [2.24, 2.45) is 0 Å². The fourth-order valence-electron chi connectivity index (χ4n) is 2.79. The molecule has 0 saturated carbocycles. The van der Waals surface area contributed by atoms with Crippen LogP contribution in [0.25, 0.3) is 0 Å². The molecular formula is C13H16FN3O2. The number of piperazine rings is 1. The van der Waals surface area contributed by atoms with E-state index in [4.69, 9.17) is 0 Å². The van der Waals surface area contributed by atoms with Gasteiger partial charge in [0.1, 0.15) is 11.6 Å². The summed E-state index contributed by atoms with van der Waals surface area (Å²) in [5, 5.41) is 12.2. The summed E-state index contributed by atoms with van der Waals surface area (Å²) < 4.78 is 13.2. The first kappa shape index (κ1) is 12.2. The second-order valence-corrected chi connectivity index (χ2v) is 5.09. The van der Waals surface area contributed by atoms with E-state index in [-0.39, 0.29) is 17.8 Å². The van der Waals surface area contributed by atoms with E-state index in [1.807, 2.05) is 4.90 Å². The van der Waals surface area contributed by atoms with Gasteiger partial charge in [0, 0.05) is 38.8 Å². The van der Waals surface area contributed by atoms with Crippen LogP contribution < -0.4 is 5.32 Å². The first-order valence-corrected chi connectivity index (χ1v) is 6.37. The summed E-state index contributed by atoms with van der Waals surface area (Å²) in [6.45, 7) is 3.49. The maximum absolute atomic E-state index is 13.2. The topological polar surface area (TPSA) is 55.8 Å². The quantitative estimate of drug-likeness (QED) is 0.829. The van der Waals surface area contributed by atoms with E-state index in [0.717, 1.165) is 24.7 Å². The maximum Gasteiger partial charge on any atom is 0.317 e. The Bertz CT molecular complexity index is 488. The van der Waals surface area contributed by atoms with Crippen LogP contribution in [0.5, 0.6) is 5.75 Å². The Morgan fingerprint density at radius 2 is 2.21 bits per heavy atom. The molecule has 0 aliphatic carbocycles. The number of benzene rings is 1. The SMILES string of the molecule is O=C1NCC2CN(Cc3cc(O)cc(F)c3)CCN12. The lowest BCUT2D eigenvalue weighted by atomic mass is 10.1. The third-order valence-electron chi connectivity index (χ3n) is 3.67. The van der Waals surface area contributed by atoms with Crippen molar-refractivity contribution in [2.45, 2.75) is 12.6 Å². The number of nitrogens with one attached hydrogen (secondary N) is 1. The first-order valence-electron chi connectivity index (χ1n) is 6.37. The van der Waals surface area contributed by atoms with E-state index in [1.54, 1.807) is 6.07 Å². The Balaban J connectivity index is 1.66. The van der Waals surface area contributed by atoms with Gasteiger partial charge in [0.25, 0.3) is 0 Å². The monoisotopic (exact) mass is 265 g/mol. The van der Waals surface area contributed by atoms with Gasteiger partial charge < -0.3 is 15.3 Å². The van der Waals surface area contributed by atoms with Gasteiger partial charge in [0.15, 0.2) is 0 Å². The van der Waals surface area contributed by atoms with Gasteiger partial charge in [-0.15, -0.1) is 0 Å². The molecule has 0 spiro atoms. The molecule has 5 nitrogen and oxygen atoms in total. The molecule has 6 heteroatoms. The van der Waals surface area contributed by atoms with E-state index >= 15 is 0 Å². The fraction of sp³-hybridized carbons (Fsp3) is 0.462. The van der Waals surface area contributed by atoms with Crippen molar-refractivity contribution in [3.8, 4) is 5.75 Å². The standard InChI is InChI=1S/C13H16FN3O2/c14-10-3-9(4-12(18)5-10)7-16-1-2-17-11(8-16)6-15-13(17)19/h3-5,11,18H,1-2,6-8H2,(H,15,19). The Hall–Kier alpha value is -1.82. The summed E-state index contributed by atoms with van der Waals surface area (Å²) >= 11 is 0. The largest absolute Gasteiger partial charge is 0.508 e. The summed E-state index contributed by atoms with van der Waals surface area (Å²) in [5.74, 6) is -0.474. The number of carbonyl (C=O) groups excluding carboxylic acids is 1. The molecule has 2 amide bonds. The molecule has 0 radical (unpaired) electrons. The highest BCUT2D eigenvalue weighted by Gasteiger charge is 2.35. The highest BCUT2D eigenvalue weighted by molar-refractivity contribution is 5.77. The minimum Gasteiger partial charge on any atom is -0.508 e. The van der Waals surface area contributed by atoms with Crippen molar-refractivity contribution in [3.63, 3.8) is 0 Å². The molecule has 2 heterocycles. The number of halogens is 1. The number of urea groups is 1. The van der Waals surface area contributed by atoms with Gasteiger partial charge >= 0.3 is 6.03 Å². The summed E-state index contributed by atoms with van der Waals surface area (Å²) in [7, 11) is 0. The van der Waals surface area contributed by atoms with Crippen molar-refractivity contribution in [1.82, 2.24) is 15.1 Å². The lowest BCUT2D eigenvalue weighted by Gasteiger charge is -2.36. The molecule has 3 rings (SSSR count). The number of fused-ring (bicyclic) bond motifs is 1. The molecule has 2 aliphatic rings. The van der Waals surface area contributed by atoms with Crippen LogP contribution in [-0.4, -0.2) is 53.2 Å². The minimum atomic E-state index is -0.425. The van der Waals surface area contributed by atoms with Crippen LogP contribution >= 0.6 is 0 Å². The zero-order chi connectivity index (χ0) is 13.4. The zero-order valence-corrected chi connectivity index (χ0v) is 10.5. The first-order chi connectivity index (χ1) is 9.11. The maximum atomic E-state index is 13.2. The zero-order valence-electron chi connectivity index (χ0n) is 10.5. The number of nitrogens with zero attached hydrogens (tertiary/aromatic N) is 2. The lowest BCUT2D eigenvalue weighted by molar-refractivity contribution is 0.116. The van der Waals surface area contributed by atoms with Crippen molar-refractivity contribution in [1.29, 1.82) is 0 Å². The van der Waals surface area contributed by atoms with E-state index in [9.17, 15) is 14.3 Å². The van der Waals surface area contributed by atoms with Crippen LogP contribution in [0.1, 0.15) is 5.56 Å². The molecule has 1 unspecified atom stereocenters. The van der Waals surface area contributed by atoms with Crippen LogP contribution in [0, 0.1) is 5.82 Å². The number of hydrogen-bond acceptors (Lipinski definition) is 3. The Morgan fingerprint density at radius 3 is 3.00 bits per heavy atom. The van der Waals surface area contributed by atoms with E-state index in [1.165, 1.54) is 6.07 Å². The third-order valence-corrected chi connectivity index (χ3v) is 3.67. The molecule has 2 N–H and O–H groups in total. The molecule has 2 saturated heterocycles. The number of carbonyl (C=O) groups is 1. The van der Waals surface area contributed by atoms with E-state index in [2.05, 4.69) is 10.2 Å². The van der Waals surface area contributed by atoms with Crippen LogP contribution in [0.15, 0.2) is 18.2 Å². The average molecular weight is 265 g/mol. The second kappa shape index (κ2) is 4.70. The van der Waals surface area contributed by atoms with E-state index in [0.29, 0.717) is 19.6 Å². The number of phenolic OH excluding ortho intramolecular Hbond substituents is 1. The van der Waals surface area contributed by atoms with Gasteiger partial charge in [-0.05, 0) is 17.7 Å². The predicted octanol–water partition coefficient (Wildman–Crippen LogP) is 0.741. The van der Waals surface area contributed by atoms with Crippen molar-refractivity contribution < 1.29 is 14.3 Å². The molecule has 1 atom stereocenters. The lowest BCUT2D eigenvalue weighted by Crippen LogP contribution is -2.51. The van der Waals surface area contributed by atoms with Crippen LogP contribution in [0.4, 0.5) is 9.18 Å². The molecule has 2 fully saturated rings. The fourth-order valence-corrected chi connectivity index (χ4v) is 2.79. The number of rotatable bonds is 2. The van der Waals surface area contributed by atoms with Crippen molar-refractivity contribution >= 4 is 6.03 Å². The molecule has 19 heavy (non-hydrogen) atoms. The molecular weight excluding hydrogens is 249 g/mol. The molecule has 0 bridgehead atoms.